The molecule has 0 fully saturated rings. The number of rotatable bonds is 5. The highest BCUT2D eigenvalue weighted by atomic mass is 16.5. The number of pyridine rings is 1. The lowest BCUT2D eigenvalue weighted by Crippen LogP contribution is -2.02. The third-order valence-corrected chi connectivity index (χ3v) is 2.91. The molecule has 0 atom stereocenters. The summed E-state index contributed by atoms with van der Waals surface area (Å²) in [6, 6.07) is 10.2. The second-order valence-electron chi connectivity index (χ2n) is 4.64. The average molecular weight is 256 g/mol. The molecule has 1 N–H and O–H groups in total. The molecule has 2 rings (SSSR count). The second kappa shape index (κ2) is 6.23. The first-order valence-corrected chi connectivity index (χ1v) is 6.58. The molecule has 1 aromatic carbocycles. The van der Waals surface area contributed by atoms with Crippen LogP contribution in [0.5, 0.6) is 5.75 Å². The highest BCUT2D eigenvalue weighted by Gasteiger charge is 2.01. The fraction of sp³-hybridized carbons (Fsp3) is 0.312. The molecule has 0 amide bonds. The summed E-state index contributed by atoms with van der Waals surface area (Å²) in [5, 5.41) is 3.20. The highest BCUT2D eigenvalue weighted by molar-refractivity contribution is 5.38. The van der Waals surface area contributed by atoms with E-state index in [2.05, 4.69) is 43.2 Å². The summed E-state index contributed by atoms with van der Waals surface area (Å²) >= 11 is 0. The average Bonchev–Trinajstić information content (AvgIpc) is 2.38. The maximum absolute atomic E-state index is 5.86. The van der Waals surface area contributed by atoms with Gasteiger partial charge in [0.1, 0.15) is 18.2 Å². The van der Waals surface area contributed by atoms with Crippen LogP contribution in [0.2, 0.25) is 0 Å². The Morgan fingerprint density at radius 2 is 2.00 bits per heavy atom. The molecule has 0 aliphatic carbocycles. The quantitative estimate of drug-likeness (QED) is 0.885. The maximum Gasteiger partial charge on any atom is 0.126 e. The molecule has 19 heavy (non-hydrogen) atoms. The zero-order valence-electron chi connectivity index (χ0n) is 11.7. The topological polar surface area (TPSA) is 34.1 Å². The number of nitrogens with zero attached hydrogens (tertiary/aromatic N) is 1. The van der Waals surface area contributed by atoms with Gasteiger partial charge in [-0.05, 0) is 50.1 Å². The van der Waals surface area contributed by atoms with Crippen molar-refractivity contribution in [1.29, 1.82) is 0 Å². The van der Waals surface area contributed by atoms with Crippen molar-refractivity contribution in [2.24, 2.45) is 0 Å². The summed E-state index contributed by atoms with van der Waals surface area (Å²) in [5.74, 6) is 1.83. The summed E-state index contributed by atoms with van der Waals surface area (Å²) < 4.78 is 5.86. The van der Waals surface area contributed by atoms with Crippen LogP contribution in [-0.4, -0.2) is 11.5 Å². The molecule has 0 aliphatic heterocycles. The van der Waals surface area contributed by atoms with Gasteiger partial charge in [0.05, 0.1) is 0 Å². The molecule has 3 heteroatoms. The van der Waals surface area contributed by atoms with Crippen molar-refractivity contribution in [2.45, 2.75) is 27.4 Å². The van der Waals surface area contributed by atoms with Crippen LogP contribution in [0, 0.1) is 13.8 Å². The first kappa shape index (κ1) is 13.4. The molecule has 0 saturated carbocycles. The minimum Gasteiger partial charge on any atom is -0.489 e. The van der Waals surface area contributed by atoms with E-state index in [4.69, 9.17) is 4.74 Å². The number of ether oxygens (including phenoxy) is 1. The molecule has 2 aromatic rings. The first-order valence-electron chi connectivity index (χ1n) is 6.58. The number of anilines is 1. The minimum atomic E-state index is 0.560. The SMILES string of the molecule is CCNc1cc(COc2ccc(C)cc2C)ccn1. The van der Waals surface area contributed by atoms with E-state index in [1.807, 2.05) is 18.2 Å². The predicted octanol–water partition coefficient (Wildman–Crippen LogP) is 3.71. The van der Waals surface area contributed by atoms with E-state index in [1.165, 1.54) is 11.1 Å². The Morgan fingerprint density at radius 1 is 1.16 bits per heavy atom. The van der Waals surface area contributed by atoms with Crippen molar-refractivity contribution in [3.05, 3.63) is 53.2 Å². The Bertz CT molecular complexity index is 552. The summed E-state index contributed by atoms with van der Waals surface area (Å²) in [7, 11) is 0. The van der Waals surface area contributed by atoms with Gasteiger partial charge in [-0.2, -0.15) is 0 Å². The van der Waals surface area contributed by atoms with Crippen LogP contribution in [0.4, 0.5) is 5.82 Å². The van der Waals surface area contributed by atoms with Crippen LogP contribution in [0.15, 0.2) is 36.5 Å². The van der Waals surface area contributed by atoms with Crippen LogP contribution >= 0.6 is 0 Å². The summed E-state index contributed by atoms with van der Waals surface area (Å²) in [6.45, 7) is 7.64. The van der Waals surface area contributed by atoms with Crippen LogP contribution in [-0.2, 0) is 6.61 Å². The molecular weight excluding hydrogens is 236 g/mol. The smallest absolute Gasteiger partial charge is 0.126 e. The van der Waals surface area contributed by atoms with E-state index < -0.39 is 0 Å². The van der Waals surface area contributed by atoms with E-state index in [0.717, 1.165) is 23.7 Å². The summed E-state index contributed by atoms with van der Waals surface area (Å²) in [4.78, 5) is 4.25. The van der Waals surface area contributed by atoms with E-state index in [-0.39, 0.29) is 0 Å². The van der Waals surface area contributed by atoms with Gasteiger partial charge in [-0.3, -0.25) is 0 Å². The first-order chi connectivity index (χ1) is 9.19. The fourth-order valence-corrected chi connectivity index (χ4v) is 1.96. The molecule has 0 unspecified atom stereocenters. The van der Waals surface area contributed by atoms with Gasteiger partial charge in [0, 0.05) is 12.7 Å². The van der Waals surface area contributed by atoms with E-state index in [0.29, 0.717) is 6.61 Å². The lowest BCUT2D eigenvalue weighted by Gasteiger charge is -2.10. The molecule has 0 aliphatic rings. The minimum absolute atomic E-state index is 0.560. The zero-order chi connectivity index (χ0) is 13.7. The second-order valence-corrected chi connectivity index (χ2v) is 4.64. The van der Waals surface area contributed by atoms with Gasteiger partial charge in [0.25, 0.3) is 0 Å². The van der Waals surface area contributed by atoms with Gasteiger partial charge in [0.2, 0.25) is 0 Å². The number of aromatic nitrogens is 1. The molecule has 100 valence electrons. The van der Waals surface area contributed by atoms with Crippen molar-refractivity contribution in [1.82, 2.24) is 4.98 Å². The number of hydrogen-bond acceptors (Lipinski definition) is 3. The summed E-state index contributed by atoms with van der Waals surface area (Å²) in [5.41, 5.74) is 3.54. The Kier molecular flexibility index (Phi) is 4.39. The fourth-order valence-electron chi connectivity index (χ4n) is 1.96. The zero-order valence-corrected chi connectivity index (χ0v) is 11.7. The Hall–Kier alpha value is -2.03. The van der Waals surface area contributed by atoms with E-state index in [1.54, 1.807) is 6.20 Å². The Labute approximate surface area is 114 Å². The van der Waals surface area contributed by atoms with Gasteiger partial charge in [-0.15, -0.1) is 0 Å². The molecule has 3 nitrogen and oxygen atoms in total. The van der Waals surface area contributed by atoms with Crippen LogP contribution in [0.25, 0.3) is 0 Å². The lowest BCUT2D eigenvalue weighted by molar-refractivity contribution is 0.304. The number of aryl methyl sites for hydroxylation is 2. The standard InChI is InChI=1S/C16H20N2O/c1-4-17-16-10-14(7-8-18-16)11-19-15-6-5-12(2)9-13(15)3/h5-10H,4,11H2,1-3H3,(H,17,18). The third-order valence-electron chi connectivity index (χ3n) is 2.91. The van der Waals surface area contributed by atoms with Gasteiger partial charge < -0.3 is 10.1 Å². The molecule has 0 saturated heterocycles. The normalized spacial score (nSPS) is 10.3. The largest absolute Gasteiger partial charge is 0.489 e. The van der Waals surface area contributed by atoms with Crippen LogP contribution in [0.1, 0.15) is 23.6 Å². The van der Waals surface area contributed by atoms with Gasteiger partial charge in [-0.1, -0.05) is 17.7 Å². The van der Waals surface area contributed by atoms with Crippen molar-refractivity contribution < 1.29 is 4.74 Å². The molecule has 0 radical (unpaired) electrons. The lowest BCUT2D eigenvalue weighted by atomic mass is 10.1. The number of nitrogens with one attached hydrogen (secondary N) is 1. The molecule has 1 aromatic heterocycles. The highest BCUT2D eigenvalue weighted by Crippen LogP contribution is 2.20. The van der Waals surface area contributed by atoms with E-state index >= 15 is 0 Å². The number of benzene rings is 1. The Morgan fingerprint density at radius 3 is 2.74 bits per heavy atom. The van der Waals surface area contributed by atoms with Crippen molar-refractivity contribution in [3.63, 3.8) is 0 Å². The van der Waals surface area contributed by atoms with Gasteiger partial charge in [-0.25, -0.2) is 4.98 Å². The van der Waals surface area contributed by atoms with Crippen molar-refractivity contribution in [2.75, 3.05) is 11.9 Å². The van der Waals surface area contributed by atoms with Crippen molar-refractivity contribution >= 4 is 5.82 Å². The molecule has 1 heterocycles. The maximum atomic E-state index is 5.86. The Balaban J connectivity index is 2.03. The van der Waals surface area contributed by atoms with Gasteiger partial charge in [0.15, 0.2) is 0 Å². The molecule has 0 spiro atoms. The number of hydrogen-bond donors (Lipinski definition) is 1. The monoisotopic (exact) mass is 256 g/mol. The molecular formula is C16H20N2O. The predicted molar refractivity (Wildman–Crippen MR) is 78.6 cm³/mol. The molecule has 0 bridgehead atoms. The van der Waals surface area contributed by atoms with Crippen molar-refractivity contribution in [3.8, 4) is 5.75 Å². The summed E-state index contributed by atoms with van der Waals surface area (Å²) in [6.07, 6.45) is 1.80. The van der Waals surface area contributed by atoms with Crippen LogP contribution in [0.3, 0.4) is 0 Å². The van der Waals surface area contributed by atoms with Gasteiger partial charge >= 0.3 is 0 Å². The third kappa shape index (κ3) is 3.71. The van der Waals surface area contributed by atoms with E-state index in [9.17, 15) is 0 Å². The van der Waals surface area contributed by atoms with Crippen LogP contribution < -0.4 is 10.1 Å².